The molecular weight excluding hydrogens is 406 g/mol. The number of aliphatic hydroxyl groups is 1. The largest absolute Gasteiger partial charge is 0.491 e. The first-order valence-electron chi connectivity index (χ1n) is 11.2. The lowest BCUT2D eigenvalue weighted by atomic mass is 10.1. The van der Waals surface area contributed by atoms with Crippen molar-refractivity contribution in [2.24, 2.45) is 5.92 Å². The van der Waals surface area contributed by atoms with Gasteiger partial charge in [-0.1, -0.05) is 13.8 Å². The number of hydrogen-bond donors (Lipinski definition) is 2. The van der Waals surface area contributed by atoms with Crippen LogP contribution in [0.25, 0.3) is 11.5 Å². The molecule has 0 saturated carbocycles. The third-order valence-electron chi connectivity index (χ3n) is 5.32. The number of nitrogens with zero attached hydrogens (tertiary/aromatic N) is 4. The first-order valence-corrected chi connectivity index (χ1v) is 11.2. The number of carbonyl (C=O) groups excluding carboxylic acids is 1. The van der Waals surface area contributed by atoms with Crippen LogP contribution in [0.3, 0.4) is 0 Å². The lowest BCUT2D eigenvalue weighted by molar-refractivity contribution is -0.121. The number of hydrogen-bond acceptors (Lipinski definition) is 7. The number of amides is 1. The van der Waals surface area contributed by atoms with Crippen molar-refractivity contribution in [2.75, 3.05) is 25.1 Å². The molecule has 1 aliphatic carbocycles. The van der Waals surface area contributed by atoms with Crippen LogP contribution in [0, 0.1) is 5.92 Å². The minimum atomic E-state index is -0.539. The van der Waals surface area contributed by atoms with Crippen LogP contribution in [-0.4, -0.2) is 57.8 Å². The predicted molar refractivity (Wildman–Crippen MR) is 125 cm³/mol. The van der Waals surface area contributed by atoms with E-state index in [1.165, 1.54) is 0 Å². The minimum absolute atomic E-state index is 0.0517. The summed E-state index contributed by atoms with van der Waals surface area (Å²) in [7, 11) is 1.88. The molecule has 2 heterocycles. The minimum Gasteiger partial charge on any atom is -0.491 e. The molecule has 174 valence electrons. The predicted octanol–water partition coefficient (Wildman–Crippen LogP) is 2.77. The molecule has 32 heavy (non-hydrogen) atoms. The summed E-state index contributed by atoms with van der Waals surface area (Å²) in [6.07, 6.45) is 3.92. The molecule has 0 aliphatic heterocycles. The summed E-state index contributed by atoms with van der Waals surface area (Å²) < 4.78 is 5.75. The molecule has 1 atom stereocenters. The molecule has 0 radical (unpaired) electrons. The average Bonchev–Trinajstić information content (AvgIpc) is 3.18. The van der Waals surface area contributed by atoms with Crippen molar-refractivity contribution in [3.8, 4) is 17.3 Å². The quantitative estimate of drug-likeness (QED) is 0.650. The van der Waals surface area contributed by atoms with E-state index >= 15 is 0 Å². The van der Waals surface area contributed by atoms with Gasteiger partial charge in [0, 0.05) is 36.1 Å². The molecular formula is C24H35N5O3. The standard InChI is InChI=1S/C24H35N5O3/c1-15(2)20(30)14-32-16-10-11-25-19(12-16)22-26-18-9-7-8-17(18)23(27-22)29(6)13-21(31)28-24(3,4)5/h10-12,15,20,30H,7-9,13-14H2,1-6H3,(H,28,31). The van der Waals surface area contributed by atoms with Crippen molar-refractivity contribution in [3.63, 3.8) is 0 Å². The van der Waals surface area contributed by atoms with E-state index in [2.05, 4.69) is 10.3 Å². The summed E-state index contributed by atoms with van der Waals surface area (Å²) in [5, 5.41) is 13.0. The SMILES string of the molecule is CC(C)C(O)COc1ccnc(-c2nc3c(c(N(C)CC(=O)NC(C)(C)C)n2)CCC3)c1. The van der Waals surface area contributed by atoms with E-state index < -0.39 is 6.10 Å². The molecule has 0 bridgehead atoms. The number of ether oxygens (including phenoxy) is 1. The molecule has 1 amide bonds. The second-order valence-corrected chi connectivity index (χ2v) is 9.80. The summed E-state index contributed by atoms with van der Waals surface area (Å²) in [6, 6.07) is 3.55. The van der Waals surface area contributed by atoms with Crippen molar-refractivity contribution in [1.29, 1.82) is 0 Å². The number of aromatic nitrogens is 3. The topological polar surface area (TPSA) is 100 Å². The number of carbonyl (C=O) groups is 1. The number of aliphatic hydroxyl groups excluding tert-OH is 1. The van der Waals surface area contributed by atoms with Crippen molar-refractivity contribution in [1.82, 2.24) is 20.3 Å². The zero-order chi connectivity index (χ0) is 23.5. The zero-order valence-electron chi connectivity index (χ0n) is 20.0. The highest BCUT2D eigenvalue weighted by Crippen LogP contribution is 2.31. The normalized spacial score (nSPS) is 14.2. The van der Waals surface area contributed by atoms with E-state index in [0.29, 0.717) is 17.3 Å². The lowest BCUT2D eigenvalue weighted by Crippen LogP contribution is -2.45. The monoisotopic (exact) mass is 441 g/mol. The number of pyridine rings is 1. The molecule has 8 heteroatoms. The summed E-state index contributed by atoms with van der Waals surface area (Å²) in [4.78, 5) is 28.4. The third-order valence-corrected chi connectivity index (χ3v) is 5.32. The summed E-state index contributed by atoms with van der Waals surface area (Å²) >= 11 is 0. The molecule has 2 aromatic rings. The van der Waals surface area contributed by atoms with Crippen LogP contribution in [0.2, 0.25) is 0 Å². The number of nitrogens with one attached hydrogen (secondary N) is 1. The highest BCUT2D eigenvalue weighted by molar-refractivity contribution is 5.82. The fourth-order valence-corrected chi connectivity index (χ4v) is 3.59. The van der Waals surface area contributed by atoms with Gasteiger partial charge in [0.1, 0.15) is 23.9 Å². The Labute approximate surface area is 190 Å². The van der Waals surface area contributed by atoms with Crippen LogP contribution in [0.1, 0.15) is 52.3 Å². The Morgan fingerprint density at radius 1 is 1.28 bits per heavy atom. The maximum Gasteiger partial charge on any atom is 0.239 e. The van der Waals surface area contributed by atoms with E-state index in [0.717, 1.165) is 36.3 Å². The Morgan fingerprint density at radius 2 is 2.03 bits per heavy atom. The Morgan fingerprint density at radius 3 is 2.72 bits per heavy atom. The summed E-state index contributed by atoms with van der Waals surface area (Å²) in [5.41, 5.74) is 2.43. The molecule has 2 N–H and O–H groups in total. The second-order valence-electron chi connectivity index (χ2n) is 9.80. The average molecular weight is 442 g/mol. The number of anilines is 1. The third kappa shape index (κ3) is 6.16. The van der Waals surface area contributed by atoms with Crippen molar-refractivity contribution in [3.05, 3.63) is 29.6 Å². The molecule has 8 nitrogen and oxygen atoms in total. The molecule has 0 fully saturated rings. The van der Waals surface area contributed by atoms with Crippen LogP contribution in [-0.2, 0) is 17.6 Å². The van der Waals surface area contributed by atoms with E-state index in [4.69, 9.17) is 14.7 Å². The van der Waals surface area contributed by atoms with Gasteiger partial charge in [0.05, 0.1) is 12.6 Å². The molecule has 0 saturated heterocycles. The second kappa shape index (κ2) is 9.81. The van der Waals surface area contributed by atoms with Gasteiger partial charge < -0.3 is 20.1 Å². The highest BCUT2D eigenvalue weighted by atomic mass is 16.5. The summed E-state index contributed by atoms with van der Waals surface area (Å²) in [6.45, 7) is 10.2. The Hall–Kier alpha value is -2.74. The Balaban J connectivity index is 1.85. The molecule has 1 unspecified atom stereocenters. The first-order chi connectivity index (χ1) is 15.0. The van der Waals surface area contributed by atoms with Gasteiger partial charge in [-0.2, -0.15) is 0 Å². The van der Waals surface area contributed by atoms with Gasteiger partial charge in [-0.3, -0.25) is 9.78 Å². The van der Waals surface area contributed by atoms with Gasteiger partial charge in [-0.15, -0.1) is 0 Å². The number of rotatable bonds is 8. The van der Waals surface area contributed by atoms with Gasteiger partial charge in [-0.05, 0) is 52.0 Å². The van der Waals surface area contributed by atoms with Crippen molar-refractivity contribution >= 4 is 11.7 Å². The van der Waals surface area contributed by atoms with E-state index in [-0.39, 0.29) is 30.5 Å². The highest BCUT2D eigenvalue weighted by Gasteiger charge is 2.24. The van der Waals surface area contributed by atoms with Gasteiger partial charge in [0.25, 0.3) is 0 Å². The maximum absolute atomic E-state index is 12.5. The van der Waals surface area contributed by atoms with Crippen LogP contribution in [0.5, 0.6) is 5.75 Å². The zero-order valence-corrected chi connectivity index (χ0v) is 20.0. The smallest absolute Gasteiger partial charge is 0.239 e. The number of aryl methyl sites for hydroxylation is 1. The first kappa shape index (κ1) is 23.9. The Kier molecular flexibility index (Phi) is 7.33. The van der Waals surface area contributed by atoms with Crippen LogP contribution in [0.4, 0.5) is 5.82 Å². The fourth-order valence-electron chi connectivity index (χ4n) is 3.59. The van der Waals surface area contributed by atoms with Crippen LogP contribution in [0.15, 0.2) is 18.3 Å². The Bertz CT molecular complexity index is 955. The van der Waals surface area contributed by atoms with Crippen molar-refractivity contribution in [2.45, 2.75) is 65.5 Å². The van der Waals surface area contributed by atoms with E-state index in [1.807, 2.05) is 46.6 Å². The number of likely N-dealkylation sites (N-methyl/N-ethyl adjacent to an activating group) is 1. The number of fused-ring (bicyclic) bond motifs is 1. The van der Waals surface area contributed by atoms with Gasteiger partial charge >= 0.3 is 0 Å². The van der Waals surface area contributed by atoms with Gasteiger partial charge in [-0.25, -0.2) is 9.97 Å². The van der Waals surface area contributed by atoms with Crippen LogP contribution >= 0.6 is 0 Å². The maximum atomic E-state index is 12.5. The molecule has 2 aromatic heterocycles. The summed E-state index contributed by atoms with van der Waals surface area (Å²) in [5.74, 6) is 1.96. The van der Waals surface area contributed by atoms with E-state index in [9.17, 15) is 9.90 Å². The van der Waals surface area contributed by atoms with Crippen molar-refractivity contribution < 1.29 is 14.6 Å². The fraction of sp³-hybridized carbons (Fsp3) is 0.583. The molecule has 1 aliphatic rings. The van der Waals surface area contributed by atoms with Crippen LogP contribution < -0.4 is 15.0 Å². The lowest BCUT2D eigenvalue weighted by Gasteiger charge is -2.25. The molecule has 0 spiro atoms. The molecule has 3 rings (SSSR count). The van der Waals surface area contributed by atoms with Gasteiger partial charge in [0.2, 0.25) is 5.91 Å². The molecule has 0 aromatic carbocycles. The van der Waals surface area contributed by atoms with Gasteiger partial charge in [0.15, 0.2) is 5.82 Å². The van der Waals surface area contributed by atoms with E-state index in [1.54, 1.807) is 18.3 Å².